The second-order valence-electron chi connectivity index (χ2n) is 9.94. The molecule has 2 rings (SSSR count). The standard InChI is InChI=1S/C29H39N5O7/c1-4-17(2)25(29(40)41)34-28(39)23(15-19-8-6-5-7-9-19)33-24(36)16-31-26(37)18(3)32-27(38)22(30)14-20-10-12-21(35)13-11-20/h5-13,17-18,22-23,25,35H,4,14-16,30H2,1-3H3,(H,31,37)(H,32,38)(H,33,36)(H,34,39)(H,40,41)/t17?,18-,22+,23+,25+/m1/s1. The van der Waals surface area contributed by atoms with E-state index in [0.29, 0.717) is 6.42 Å². The molecule has 0 aromatic heterocycles. The van der Waals surface area contributed by atoms with Crippen molar-refractivity contribution in [3.8, 4) is 5.75 Å². The first-order valence-corrected chi connectivity index (χ1v) is 13.4. The minimum atomic E-state index is -1.18. The van der Waals surface area contributed by atoms with Gasteiger partial charge in [-0.1, -0.05) is 62.7 Å². The van der Waals surface area contributed by atoms with Crippen LogP contribution in [0, 0.1) is 5.92 Å². The lowest BCUT2D eigenvalue weighted by atomic mass is 9.98. The second-order valence-corrected chi connectivity index (χ2v) is 9.94. The Balaban J connectivity index is 1.95. The molecule has 0 bridgehead atoms. The highest BCUT2D eigenvalue weighted by Gasteiger charge is 2.30. The van der Waals surface area contributed by atoms with Gasteiger partial charge in [0.15, 0.2) is 0 Å². The lowest BCUT2D eigenvalue weighted by Gasteiger charge is -2.24. The van der Waals surface area contributed by atoms with Crippen molar-refractivity contribution in [2.24, 2.45) is 11.7 Å². The first-order valence-electron chi connectivity index (χ1n) is 13.4. The lowest BCUT2D eigenvalue weighted by Crippen LogP contribution is -2.56. The zero-order valence-electron chi connectivity index (χ0n) is 23.4. The first-order chi connectivity index (χ1) is 19.4. The van der Waals surface area contributed by atoms with E-state index >= 15 is 0 Å². The average molecular weight is 570 g/mol. The summed E-state index contributed by atoms with van der Waals surface area (Å²) < 4.78 is 0. The number of carbonyl (C=O) groups is 5. The van der Waals surface area contributed by atoms with Gasteiger partial charge in [0.05, 0.1) is 12.6 Å². The van der Waals surface area contributed by atoms with Crippen molar-refractivity contribution in [3.05, 3.63) is 65.7 Å². The number of hydrogen-bond acceptors (Lipinski definition) is 7. The fourth-order valence-corrected chi connectivity index (χ4v) is 3.93. The Morgan fingerprint density at radius 1 is 0.805 bits per heavy atom. The molecule has 12 nitrogen and oxygen atoms in total. The highest BCUT2D eigenvalue weighted by molar-refractivity contribution is 5.94. The molecule has 0 heterocycles. The van der Waals surface area contributed by atoms with E-state index in [1.165, 1.54) is 19.1 Å². The number of carbonyl (C=O) groups excluding carboxylic acids is 4. The Kier molecular flexibility index (Phi) is 12.8. The smallest absolute Gasteiger partial charge is 0.326 e. The molecule has 1 unspecified atom stereocenters. The molecule has 0 saturated carbocycles. The van der Waals surface area contributed by atoms with E-state index < -0.39 is 60.3 Å². The quantitative estimate of drug-likeness (QED) is 0.158. The predicted molar refractivity (Wildman–Crippen MR) is 151 cm³/mol. The van der Waals surface area contributed by atoms with E-state index in [2.05, 4.69) is 21.3 Å². The molecule has 0 aliphatic rings. The Bertz CT molecular complexity index is 1190. The molecule has 8 N–H and O–H groups in total. The van der Waals surface area contributed by atoms with Crippen LogP contribution < -0.4 is 27.0 Å². The van der Waals surface area contributed by atoms with E-state index in [9.17, 15) is 34.2 Å². The number of phenols is 1. The van der Waals surface area contributed by atoms with Gasteiger partial charge in [-0.25, -0.2) is 4.79 Å². The molecule has 0 aliphatic heterocycles. The van der Waals surface area contributed by atoms with E-state index in [-0.39, 0.29) is 24.5 Å². The molecular formula is C29H39N5O7. The zero-order chi connectivity index (χ0) is 30.5. The van der Waals surface area contributed by atoms with Crippen molar-refractivity contribution in [1.82, 2.24) is 21.3 Å². The van der Waals surface area contributed by atoms with Crippen molar-refractivity contribution < 1.29 is 34.2 Å². The third-order valence-corrected chi connectivity index (χ3v) is 6.62. The molecule has 12 heteroatoms. The van der Waals surface area contributed by atoms with Gasteiger partial charge < -0.3 is 37.2 Å². The molecule has 4 amide bonds. The highest BCUT2D eigenvalue weighted by Crippen LogP contribution is 2.11. The number of nitrogens with two attached hydrogens (primary N) is 1. The Hall–Kier alpha value is -4.45. The predicted octanol–water partition coefficient (Wildman–Crippen LogP) is 0.226. The minimum absolute atomic E-state index is 0.0867. The summed E-state index contributed by atoms with van der Waals surface area (Å²) in [6.07, 6.45) is 0.813. The van der Waals surface area contributed by atoms with Crippen molar-refractivity contribution in [3.63, 3.8) is 0 Å². The van der Waals surface area contributed by atoms with Gasteiger partial charge >= 0.3 is 5.97 Å². The molecule has 0 saturated heterocycles. The molecule has 5 atom stereocenters. The molecule has 41 heavy (non-hydrogen) atoms. The lowest BCUT2D eigenvalue weighted by molar-refractivity contribution is -0.143. The summed E-state index contributed by atoms with van der Waals surface area (Å²) in [5.41, 5.74) is 7.41. The summed E-state index contributed by atoms with van der Waals surface area (Å²) in [4.78, 5) is 62.4. The van der Waals surface area contributed by atoms with Crippen molar-refractivity contribution in [2.45, 2.75) is 64.2 Å². The van der Waals surface area contributed by atoms with Crippen LogP contribution in [0.4, 0.5) is 0 Å². The number of carboxylic acid groups (broad SMARTS) is 1. The van der Waals surface area contributed by atoms with Gasteiger partial charge in [-0.2, -0.15) is 0 Å². The average Bonchev–Trinajstić information content (AvgIpc) is 2.95. The van der Waals surface area contributed by atoms with Crippen molar-refractivity contribution in [2.75, 3.05) is 6.54 Å². The molecule has 222 valence electrons. The molecule has 0 fully saturated rings. The summed E-state index contributed by atoms with van der Waals surface area (Å²) in [6, 6.07) is 10.9. The maximum absolute atomic E-state index is 13.0. The van der Waals surface area contributed by atoms with Crippen LogP contribution in [0.25, 0.3) is 0 Å². The number of nitrogens with one attached hydrogen (secondary N) is 4. The fraction of sp³-hybridized carbons (Fsp3) is 0.414. The van der Waals surface area contributed by atoms with Gasteiger partial charge in [0.1, 0.15) is 23.9 Å². The molecular weight excluding hydrogens is 530 g/mol. The van der Waals surface area contributed by atoms with Crippen molar-refractivity contribution >= 4 is 29.6 Å². The topological polar surface area (TPSA) is 200 Å². The van der Waals surface area contributed by atoms with Gasteiger partial charge in [0, 0.05) is 6.42 Å². The van der Waals surface area contributed by atoms with Crippen LogP contribution in [0.15, 0.2) is 54.6 Å². The molecule has 0 spiro atoms. The number of amides is 4. The SMILES string of the molecule is CCC(C)[C@H](NC(=O)[C@H](Cc1ccccc1)NC(=O)CNC(=O)[C@@H](C)NC(=O)[C@@H](N)Cc1ccc(O)cc1)C(=O)O. The van der Waals surface area contributed by atoms with Crippen LogP contribution in [0.5, 0.6) is 5.75 Å². The summed E-state index contributed by atoms with van der Waals surface area (Å²) in [7, 11) is 0. The Morgan fingerprint density at radius 2 is 1.41 bits per heavy atom. The number of aliphatic carboxylic acids is 1. The fourth-order valence-electron chi connectivity index (χ4n) is 3.93. The van der Waals surface area contributed by atoms with Gasteiger partial charge in [-0.15, -0.1) is 0 Å². The van der Waals surface area contributed by atoms with Crippen LogP contribution in [0.2, 0.25) is 0 Å². The van der Waals surface area contributed by atoms with Gasteiger partial charge in [-0.05, 0) is 42.5 Å². The van der Waals surface area contributed by atoms with Gasteiger partial charge in [0.2, 0.25) is 23.6 Å². The van der Waals surface area contributed by atoms with Crippen molar-refractivity contribution in [1.29, 1.82) is 0 Å². The number of aromatic hydroxyl groups is 1. The van der Waals surface area contributed by atoms with Gasteiger partial charge in [-0.3, -0.25) is 19.2 Å². The van der Waals surface area contributed by atoms with Gasteiger partial charge in [0.25, 0.3) is 0 Å². The number of rotatable bonds is 15. The summed E-state index contributed by atoms with van der Waals surface area (Å²) in [6.45, 7) is 4.47. The van der Waals surface area contributed by atoms with Crippen LogP contribution >= 0.6 is 0 Å². The number of carboxylic acids is 1. The molecule has 0 radical (unpaired) electrons. The van der Waals surface area contributed by atoms with Crippen LogP contribution in [-0.4, -0.2) is 70.5 Å². The number of benzene rings is 2. The Labute approximate surface area is 239 Å². The summed E-state index contributed by atoms with van der Waals surface area (Å²) >= 11 is 0. The first kappa shape index (κ1) is 32.8. The summed E-state index contributed by atoms with van der Waals surface area (Å²) in [5, 5.41) is 28.9. The second kappa shape index (κ2) is 16.0. The monoisotopic (exact) mass is 569 g/mol. The number of phenolic OH excluding ortho intramolecular Hbond substituents is 1. The third-order valence-electron chi connectivity index (χ3n) is 6.62. The molecule has 0 aliphatic carbocycles. The Morgan fingerprint density at radius 3 is 2.00 bits per heavy atom. The molecule has 2 aromatic carbocycles. The van der Waals surface area contributed by atoms with E-state index in [1.54, 1.807) is 49.4 Å². The van der Waals surface area contributed by atoms with Crippen LogP contribution in [0.1, 0.15) is 38.3 Å². The highest BCUT2D eigenvalue weighted by atomic mass is 16.4. The van der Waals surface area contributed by atoms with E-state index in [0.717, 1.165) is 11.1 Å². The minimum Gasteiger partial charge on any atom is -0.508 e. The summed E-state index contributed by atoms with van der Waals surface area (Å²) in [5.74, 6) is -3.98. The van der Waals surface area contributed by atoms with E-state index in [1.807, 2.05) is 6.92 Å². The van der Waals surface area contributed by atoms with Crippen LogP contribution in [0.3, 0.4) is 0 Å². The maximum Gasteiger partial charge on any atom is 0.326 e. The number of hydrogen-bond donors (Lipinski definition) is 7. The largest absolute Gasteiger partial charge is 0.508 e. The van der Waals surface area contributed by atoms with Crippen LogP contribution in [-0.2, 0) is 36.8 Å². The zero-order valence-corrected chi connectivity index (χ0v) is 23.4. The van der Waals surface area contributed by atoms with E-state index in [4.69, 9.17) is 5.73 Å². The third kappa shape index (κ3) is 10.9. The molecule has 2 aromatic rings. The normalized spacial score (nSPS) is 14.4. The maximum atomic E-state index is 13.0.